The molecule has 0 spiro atoms. The van der Waals surface area contributed by atoms with Crippen molar-refractivity contribution in [3.05, 3.63) is 0 Å². The number of carbonyl (C=O) groups is 4. The summed E-state index contributed by atoms with van der Waals surface area (Å²) in [6.45, 7) is 0.435. The smallest absolute Gasteiger partial charge is 0.332 e. The van der Waals surface area contributed by atoms with Crippen molar-refractivity contribution < 1.29 is 39.2 Å². The summed E-state index contributed by atoms with van der Waals surface area (Å²) in [6.07, 6.45) is -0.841. The Balaban J connectivity index is 4.92. The topological polar surface area (TPSA) is 138 Å². The summed E-state index contributed by atoms with van der Waals surface area (Å²) in [7, 11) is 0. The number of carboxylic acids is 3. The fourth-order valence-corrected chi connectivity index (χ4v) is 0.943. The minimum absolute atomic E-state index is 0.597. The van der Waals surface area contributed by atoms with Crippen LogP contribution in [0.3, 0.4) is 0 Å². The molecule has 0 atom stereocenters. The van der Waals surface area contributed by atoms with Crippen molar-refractivity contribution in [2.45, 2.75) is 13.3 Å². The van der Waals surface area contributed by atoms with E-state index in [9.17, 15) is 19.2 Å². The first-order valence-electron chi connectivity index (χ1n) is 4.08. The molecule has 0 aromatic rings. The van der Waals surface area contributed by atoms with Gasteiger partial charge >= 0.3 is 23.9 Å². The zero-order chi connectivity index (χ0) is 12.9. The zero-order valence-corrected chi connectivity index (χ0v) is 8.30. The number of hydrogen-bond donors (Lipinski definition) is 3. The summed E-state index contributed by atoms with van der Waals surface area (Å²) in [5, 5.41) is 25.9. The minimum atomic E-state index is -2.99. The standard InChI is InChI=1S/C8H10O8/c1-4(9)16-3-2-8(5(10)11,6(12)13)7(14)15/h2-3H2,1H3,(H,10,11)(H,12,13)(H,14,15). The number of hydrogen-bond acceptors (Lipinski definition) is 5. The molecule has 0 aromatic heterocycles. The SMILES string of the molecule is CC(=O)OCCC(C(=O)O)(C(=O)O)C(=O)O. The second kappa shape index (κ2) is 5.10. The van der Waals surface area contributed by atoms with Gasteiger partial charge in [-0.1, -0.05) is 0 Å². The lowest BCUT2D eigenvalue weighted by atomic mass is 9.85. The van der Waals surface area contributed by atoms with E-state index in [-0.39, 0.29) is 0 Å². The van der Waals surface area contributed by atoms with Crippen LogP contribution in [0.4, 0.5) is 0 Å². The number of carboxylic acid groups (broad SMARTS) is 3. The van der Waals surface area contributed by atoms with Crippen molar-refractivity contribution in [1.29, 1.82) is 0 Å². The molecule has 0 heterocycles. The summed E-state index contributed by atoms with van der Waals surface area (Å²) in [4.78, 5) is 42.4. The number of aliphatic carboxylic acids is 3. The minimum Gasteiger partial charge on any atom is -0.480 e. The van der Waals surface area contributed by atoms with Gasteiger partial charge in [-0.15, -0.1) is 0 Å². The predicted molar refractivity (Wildman–Crippen MR) is 46.6 cm³/mol. The highest BCUT2D eigenvalue weighted by Crippen LogP contribution is 2.23. The van der Waals surface area contributed by atoms with Gasteiger partial charge in [0, 0.05) is 13.3 Å². The second-order valence-corrected chi connectivity index (χ2v) is 2.91. The molecule has 0 rings (SSSR count). The molecule has 0 aliphatic heterocycles. The largest absolute Gasteiger partial charge is 0.480 e. The third-order valence-electron chi connectivity index (χ3n) is 1.88. The molecule has 0 aromatic carbocycles. The van der Waals surface area contributed by atoms with E-state index in [1.807, 2.05) is 0 Å². The van der Waals surface area contributed by atoms with Crippen molar-refractivity contribution in [3.8, 4) is 0 Å². The lowest BCUT2D eigenvalue weighted by Crippen LogP contribution is -2.47. The number of ether oxygens (including phenoxy) is 1. The highest BCUT2D eigenvalue weighted by Gasteiger charge is 2.54. The summed E-state index contributed by atoms with van der Waals surface area (Å²) in [5.41, 5.74) is -2.99. The van der Waals surface area contributed by atoms with E-state index in [0.717, 1.165) is 6.92 Å². The van der Waals surface area contributed by atoms with Crippen LogP contribution in [0.2, 0.25) is 0 Å². The first kappa shape index (κ1) is 13.9. The molecule has 3 N–H and O–H groups in total. The number of rotatable bonds is 6. The van der Waals surface area contributed by atoms with Crippen LogP contribution in [0.25, 0.3) is 0 Å². The number of esters is 1. The molecular weight excluding hydrogens is 224 g/mol. The van der Waals surface area contributed by atoms with E-state index in [4.69, 9.17) is 15.3 Å². The first-order chi connectivity index (χ1) is 7.25. The van der Waals surface area contributed by atoms with Gasteiger partial charge in [0.15, 0.2) is 0 Å². The van der Waals surface area contributed by atoms with Crippen molar-refractivity contribution in [2.75, 3.05) is 6.61 Å². The Morgan fingerprint density at radius 1 is 1.00 bits per heavy atom. The lowest BCUT2D eigenvalue weighted by molar-refractivity contribution is -0.178. The molecule has 0 radical (unpaired) electrons. The normalized spacial score (nSPS) is 10.6. The predicted octanol–water partition coefficient (Wildman–Crippen LogP) is -0.820. The molecule has 0 aliphatic carbocycles. The summed E-state index contributed by atoms with van der Waals surface area (Å²) in [6, 6.07) is 0. The van der Waals surface area contributed by atoms with Gasteiger partial charge in [-0.05, 0) is 0 Å². The van der Waals surface area contributed by atoms with Crippen molar-refractivity contribution in [1.82, 2.24) is 0 Å². The van der Waals surface area contributed by atoms with Crippen molar-refractivity contribution in [3.63, 3.8) is 0 Å². The van der Waals surface area contributed by atoms with Crippen LogP contribution >= 0.6 is 0 Å². The van der Waals surface area contributed by atoms with Gasteiger partial charge in [-0.2, -0.15) is 0 Å². The van der Waals surface area contributed by atoms with E-state index in [0.29, 0.717) is 0 Å². The van der Waals surface area contributed by atoms with E-state index >= 15 is 0 Å². The molecule has 90 valence electrons. The van der Waals surface area contributed by atoms with Gasteiger partial charge in [0.05, 0.1) is 6.61 Å². The van der Waals surface area contributed by atoms with Crippen LogP contribution in [-0.2, 0) is 23.9 Å². The van der Waals surface area contributed by atoms with Gasteiger partial charge in [0.1, 0.15) is 0 Å². The summed E-state index contributed by atoms with van der Waals surface area (Å²) >= 11 is 0. The average molecular weight is 234 g/mol. The molecule has 0 saturated heterocycles. The average Bonchev–Trinajstić information content (AvgIpc) is 2.09. The maximum atomic E-state index is 10.7. The van der Waals surface area contributed by atoms with E-state index in [1.165, 1.54) is 0 Å². The second-order valence-electron chi connectivity index (χ2n) is 2.91. The van der Waals surface area contributed by atoms with Gasteiger partial charge in [-0.25, -0.2) is 0 Å². The molecule has 16 heavy (non-hydrogen) atoms. The van der Waals surface area contributed by atoms with Crippen LogP contribution in [0.5, 0.6) is 0 Å². The molecule has 0 bridgehead atoms. The highest BCUT2D eigenvalue weighted by atomic mass is 16.5. The molecule has 0 fully saturated rings. The quantitative estimate of drug-likeness (QED) is 0.400. The van der Waals surface area contributed by atoms with E-state index in [2.05, 4.69) is 4.74 Å². The molecule has 0 unspecified atom stereocenters. The Kier molecular flexibility index (Phi) is 4.42. The summed E-state index contributed by atoms with van der Waals surface area (Å²) in [5.74, 6) is -6.80. The van der Waals surface area contributed by atoms with Gasteiger partial charge in [-0.3, -0.25) is 19.2 Å². The maximum Gasteiger partial charge on any atom is 0.332 e. The van der Waals surface area contributed by atoms with Crippen LogP contribution in [0.15, 0.2) is 0 Å². The van der Waals surface area contributed by atoms with E-state index in [1.54, 1.807) is 0 Å². The Bertz CT molecular complexity index is 295. The monoisotopic (exact) mass is 234 g/mol. The maximum absolute atomic E-state index is 10.7. The Morgan fingerprint density at radius 2 is 1.38 bits per heavy atom. The Morgan fingerprint density at radius 3 is 1.62 bits per heavy atom. The van der Waals surface area contributed by atoms with Crippen LogP contribution in [0, 0.1) is 5.41 Å². The molecule has 0 aliphatic rings. The van der Waals surface area contributed by atoms with Crippen LogP contribution in [-0.4, -0.2) is 45.8 Å². The Labute approximate surface area is 89.4 Å². The van der Waals surface area contributed by atoms with Crippen LogP contribution < -0.4 is 0 Å². The van der Waals surface area contributed by atoms with Gasteiger partial charge in [0.25, 0.3) is 5.41 Å². The Hall–Kier alpha value is -2.12. The zero-order valence-electron chi connectivity index (χ0n) is 8.30. The third-order valence-corrected chi connectivity index (χ3v) is 1.88. The van der Waals surface area contributed by atoms with Crippen molar-refractivity contribution in [2.24, 2.45) is 5.41 Å². The van der Waals surface area contributed by atoms with E-state index < -0.39 is 42.3 Å². The van der Waals surface area contributed by atoms with Gasteiger partial charge < -0.3 is 20.1 Å². The lowest BCUT2D eigenvalue weighted by Gasteiger charge is -2.19. The molecule has 0 amide bonds. The highest BCUT2D eigenvalue weighted by molar-refractivity contribution is 6.16. The molecule has 8 nitrogen and oxygen atoms in total. The van der Waals surface area contributed by atoms with Gasteiger partial charge in [0.2, 0.25) is 0 Å². The van der Waals surface area contributed by atoms with Crippen molar-refractivity contribution >= 4 is 23.9 Å². The number of carbonyl (C=O) groups excluding carboxylic acids is 1. The molecule has 8 heteroatoms. The molecular formula is C8H10O8. The fraction of sp³-hybridized carbons (Fsp3) is 0.500. The third kappa shape index (κ3) is 2.69. The summed E-state index contributed by atoms with van der Waals surface area (Å²) < 4.78 is 4.32. The first-order valence-corrected chi connectivity index (χ1v) is 4.08. The molecule has 0 saturated carbocycles. The van der Waals surface area contributed by atoms with Crippen LogP contribution in [0.1, 0.15) is 13.3 Å². The fourth-order valence-electron chi connectivity index (χ4n) is 0.943.